The molecule has 7 heteroatoms. The highest BCUT2D eigenvalue weighted by Crippen LogP contribution is 2.25. The summed E-state index contributed by atoms with van der Waals surface area (Å²) in [5, 5.41) is 12.2. The highest BCUT2D eigenvalue weighted by Gasteiger charge is 2.15. The Hall–Kier alpha value is -2.02. The zero-order valence-electron chi connectivity index (χ0n) is 14.6. The van der Waals surface area contributed by atoms with Crippen LogP contribution in [0, 0.1) is 0 Å². The van der Waals surface area contributed by atoms with Gasteiger partial charge in [0.1, 0.15) is 5.75 Å². The number of carbonyl (C=O) groups is 1. The van der Waals surface area contributed by atoms with E-state index >= 15 is 0 Å². The minimum absolute atomic E-state index is 0.0194. The first-order valence-electron chi connectivity index (χ1n) is 8.08. The number of methoxy groups -OCH3 is 1. The quantitative estimate of drug-likeness (QED) is 0.743. The lowest BCUT2D eigenvalue weighted by Gasteiger charge is -2.11. The van der Waals surface area contributed by atoms with Crippen LogP contribution in [0.3, 0.4) is 0 Å². The van der Waals surface area contributed by atoms with Gasteiger partial charge in [-0.15, -0.1) is 10.2 Å². The van der Waals surface area contributed by atoms with Crippen LogP contribution in [0.1, 0.15) is 27.2 Å². The molecule has 0 radical (unpaired) electrons. The molecule has 0 aliphatic rings. The van der Waals surface area contributed by atoms with E-state index in [9.17, 15) is 4.79 Å². The summed E-state index contributed by atoms with van der Waals surface area (Å²) in [6.45, 7) is 6.83. The van der Waals surface area contributed by atoms with Crippen LogP contribution in [0.5, 0.6) is 5.75 Å². The number of carbonyl (C=O) groups excluding carboxylic acids is 1. The van der Waals surface area contributed by atoms with Crippen molar-refractivity contribution < 1.29 is 9.53 Å². The number of benzene rings is 1. The lowest BCUT2D eigenvalue weighted by atomic mass is 10.2. The maximum atomic E-state index is 11.9. The average Bonchev–Trinajstić information content (AvgIpc) is 3.02. The van der Waals surface area contributed by atoms with Crippen molar-refractivity contribution >= 4 is 17.7 Å². The second-order valence-electron chi connectivity index (χ2n) is 5.44. The van der Waals surface area contributed by atoms with Gasteiger partial charge in [-0.2, -0.15) is 0 Å². The molecular formula is C17H24N4O2S. The van der Waals surface area contributed by atoms with Crippen LogP contribution in [0.15, 0.2) is 29.4 Å². The van der Waals surface area contributed by atoms with Crippen molar-refractivity contribution in [2.75, 3.05) is 12.9 Å². The molecule has 1 aromatic heterocycles. The number of hydrogen-bond acceptors (Lipinski definition) is 5. The standard InChI is InChI=1S/C17H24N4O2S/c1-5-12(3)18-15(22)11-24-17-20-19-16(21(17)6-2)13-7-9-14(23-4)10-8-13/h7-10,12H,5-6,11H2,1-4H3,(H,18,22)/t12-/m0/s1. The molecule has 24 heavy (non-hydrogen) atoms. The van der Waals surface area contributed by atoms with E-state index in [1.54, 1.807) is 7.11 Å². The Bertz CT molecular complexity index is 670. The van der Waals surface area contributed by atoms with Gasteiger partial charge in [0.15, 0.2) is 11.0 Å². The summed E-state index contributed by atoms with van der Waals surface area (Å²) in [6, 6.07) is 7.90. The molecule has 0 aliphatic carbocycles. The highest BCUT2D eigenvalue weighted by atomic mass is 32.2. The number of amides is 1. The summed E-state index contributed by atoms with van der Waals surface area (Å²) in [5.74, 6) is 1.96. The van der Waals surface area contributed by atoms with E-state index in [1.807, 2.05) is 49.6 Å². The third-order valence-electron chi connectivity index (χ3n) is 3.73. The molecule has 0 bridgehead atoms. The molecule has 2 rings (SSSR count). The zero-order valence-corrected chi connectivity index (χ0v) is 15.4. The molecule has 2 aromatic rings. The number of rotatable bonds is 8. The molecule has 0 fully saturated rings. The van der Waals surface area contributed by atoms with Gasteiger partial charge in [-0.05, 0) is 44.5 Å². The SMILES string of the molecule is CC[C@H](C)NC(=O)CSc1nnc(-c2ccc(OC)cc2)n1CC. The summed E-state index contributed by atoms with van der Waals surface area (Å²) < 4.78 is 7.20. The van der Waals surface area contributed by atoms with Crippen molar-refractivity contribution in [3.63, 3.8) is 0 Å². The molecule has 0 aliphatic heterocycles. The fourth-order valence-corrected chi connectivity index (χ4v) is 3.00. The second-order valence-corrected chi connectivity index (χ2v) is 6.39. The lowest BCUT2D eigenvalue weighted by molar-refractivity contribution is -0.119. The lowest BCUT2D eigenvalue weighted by Crippen LogP contribution is -2.33. The van der Waals surface area contributed by atoms with Crippen molar-refractivity contribution in [3.05, 3.63) is 24.3 Å². The normalized spacial score (nSPS) is 12.0. The van der Waals surface area contributed by atoms with Crippen LogP contribution in [0.25, 0.3) is 11.4 Å². The molecule has 1 amide bonds. The minimum atomic E-state index is 0.0194. The van der Waals surface area contributed by atoms with Crippen LogP contribution in [-0.2, 0) is 11.3 Å². The Morgan fingerprint density at radius 3 is 2.58 bits per heavy atom. The van der Waals surface area contributed by atoms with Crippen LogP contribution >= 0.6 is 11.8 Å². The van der Waals surface area contributed by atoms with E-state index in [0.29, 0.717) is 5.75 Å². The smallest absolute Gasteiger partial charge is 0.230 e. The van der Waals surface area contributed by atoms with E-state index in [-0.39, 0.29) is 11.9 Å². The van der Waals surface area contributed by atoms with Crippen molar-refractivity contribution in [3.8, 4) is 17.1 Å². The molecule has 6 nitrogen and oxygen atoms in total. The predicted molar refractivity (Wildman–Crippen MR) is 96.3 cm³/mol. The van der Waals surface area contributed by atoms with E-state index in [2.05, 4.69) is 15.5 Å². The Balaban J connectivity index is 2.09. The third-order valence-corrected chi connectivity index (χ3v) is 4.70. The monoisotopic (exact) mass is 348 g/mol. The zero-order chi connectivity index (χ0) is 17.5. The Kier molecular flexibility index (Phi) is 6.66. The van der Waals surface area contributed by atoms with Crippen molar-refractivity contribution in [1.29, 1.82) is 0 Å². The maximum absolute atomic E-state index is 11.9. The summed E-state index contributed by atoms with van der Waals surface area (Å²) in [4.78, 5) is 11.9. The number of nitrogens with one attached hydrogen (secondary N) is 1. The van der Waals surface area contributed by atoms with Gasteiger partial charge in [0.05, 0.1) is 12.9 Å². The highest BCUT2D eigenvalue weighted by molar-refractivity contribution is 7.99. The summed E-state index contributed by atoms with van der Waals surface area (Å²) in [7, 11) is 1.64. The first kappa shape index (κ1) is 18.3. The molecule has 130 valence electrons. The second kappa shape index (κ2) is 8.73. The van der Waals surface area contributed by atoms with Crippen molar-refractivity contribution in [2.45, 2.75) is 44.9 Å². The molecule has 1 atom stereocenters. The molecule has 0 saturated carbocycles. The minimum Gasteiger partial charge on any atom is -0.497 e. The van der Waals surface area contributed by atoms with Crippen LogP contribution in [0.2, 0.25) is 0 Å². The Morgan fingerprint density at radius 1 is 1.29 bits per heavy atom. The third kappa shape index (κ3) is 4.50. The number of aromatic nitrogens is 3. The number of thioether (sulfide) groups is 1. The first-order valence-corrected chi connectivity index (χ1v) is 9.07. The molecule has 0 unspecified atom stereocenters. The van der Waals surface area contributed by atoms with Gasteiger partial charge in [-0.1, -0.05) is 18.7 Å². The van der Waals surface area contributed by atoms with Crippen LogP contribution in [0.4, 0.5) is 0 Å². The van der Waals surface area contributed by atoms with Gasteiger partial charge in [0.25, 0.3) is 0 Å². The predicted octanol–water partition coefficient (Wildman–Crippen LogP) is 2.98. The van der Waals surface area contributed by atoms with Crippen molar-refractivity contribution in [1.82, 2.24) is 20.1 Å². The van der Waals surface area contributed by atoms with Crippen molar-refractivity contribution in [2.24, 2.45) is 0 Å². The van der Waals surface area contributed by atoms with E-state index < -0.39 is 0 Å². The fourth-order valence-electron chi connectivity index (χ4n) is 2.18. The van der Waals surface area contributed by atoms with Gasteiger partial charge < -0.3 is 14.6 Å². The van der Waals surface area contributed by atoms with Gasteiger partial charge in [0.2, 0.25) is 5.91 Å². The molecule has 1 heterocycles. The van der Waals surface area contributed by atoms with Crippen LogP contribution < -0.4 is 10.1 Å². The van der Waals surface area contributed by atoms with Crippen LogP contribution in [-0.4, -0.2) is 39.6 Å². The van der Waals surface area contributed by atoms with Gasteiger partial charge in [0, 0.05) is 18.2 Å². The Labute approximate surface area is 147 Å². The summed E-state index contributed by atoms with van der Waals surface area (Å²) >= 11 is 1.41. The molecule has 1 aromatic carbocycles. The molecule has 0 saturated heterocycles. The van der Waals surface area contributed by atoms with Gasteiger partial charge in [-0.25, -0.2) is 0 Å². The summed E-state index contributed by atoms with van der Waals surface area (Å²) in [6.07, 6.45) is 0.920. The van der Waals surface area contributed by atoms with E-state index in [4.69, 9.17) is 4.74 Å². The average molecular weight is 348 g/mol. The fraction of sp³-hybridized carbons (Fsp3) is 0.471. The van der Waals surface area contributed by atoms with E-state index in [0.717, 1.165) is 35.3 Å². The van der Waals surface area contributed by atoms with E-state index in [1.165, 1.54) is 11.8 Å². The number of nitrogens with zero attached hydrogens (tertiary/aromatic N) is 3. The molecule has 0 spiro atoms. The maximum Gasteiger partial charge on any atom is 0.230 e. The molecule has 1 N–H and O–H groups in total. The number of ether oxygens (including phenoxy) is 1. The van der Waals surface area contributed by atoms with Gasteiger partial charge >= 0.3 is 0 Å². The number of hydrogen-bond donors (Lipinski definition) is 1. The molecular weight excluding hydrogens is 324 g/mol. The van der Waals surface area contributed by atoms with Gasteiger partial charge in [-0.3, -0.25) is 4.79 Å². The Morgan fingerprint density at radius 2 is 2.00 bits per heavy atom. The summed E-state index contributed by atoms with van der Waals surface area (Å²) in [5.41, 5.74) is 0.973. The first-order chi connectivity index (χ1) is 11.6. The largest absolute Gasteiger partial charge is 0.497 e. The topological polar surface area (TPSA) is 69.0 Å².